The van der Waals surface area contributed by atoms with Crippen molar-refractivity contribution in [1.29, 1.82) is 0 Å². The number of fused-ring (bicyclic) bond motifs is 1. The number of nitrogens with zero attached hydrogens (tertiary/aromatic N) is 2. The Morgan fingerprint density at radius 2 is 2.11 bits per heavy atom. The summed E-state index contributed by atoms with van der Waals surface area (Å²) < 4.78 is 5.47. The predicted octanol–water partition coefficient (Wildman–Crippen LogP) is 3.88. The van der Waals surface area contributed by atoms with Crippen LogP contribution in [0.25, 0.3) is 6.08 Å². The highest BCUT2D eigenvalue weighted by Gasteiger charge is 2.39. The largest absolute Gasteiger partial charge is 0.462 e. The smallest absolute Gasteiger partial charge is 0.338 e. The van der Waals surface area contributed by atoms with Gasteiger partial charge in [-0.15, -0.1) is 0 Å². The fourth-order valence-electron chi connectivity index (χ4n) is 2.97. The van der Waals surface area contributed by atoms with Crippen LogP contribution in [0.3, 0.4) is 0 Å². The Morgan fingerprint density at radius 1 is 1.37 bits per heavy atom. The van der Waals surface area contributed by atoms with E-state index in [1.54, 1.807) is 23.6 Å². The molecule has 0 radical (unpaired) electrons. The van der Waals surface area contributed by atoms with Gasteiger partial charge in [-0.1, -0.05) is 68.1 Å². The Morgan fingerprint density at radius 3 is 2.81 bits per heavy atom. The number of hydrogen-bond donors (Lipinski definition) is 0. The summed E-state index contributed by atoms with van der Waals surface area (Å²) in [6, 6.07) is 9.31. The zero-order valence-corrected chi connectivity index (χ0v) is 16.7. The first-order valence-corrected chi connectivity index (χ1v) is 10.1. The first-order chi connectivity index (χ1) is 13.0. The maximum atomic E-state index is 12.8. The molecule has 0 aromatic heterocycles. The van der Waals surface area contributed by atoms with Crippen LogP contribution in [0.5, 0.6) is 0 Å². The zero-order valence-electron chi connectivity index (χ0n) is 15.8. The van der Waals surface area contributed by atoms with Gasteiger partial charge in [0.2, 0.25) is 5.91 Å². The summed E-state index contributed by atoms with van der Waals surface area (Å²) in [5.41, 5.74) is 2.05. The maximum absolute atomic E-state index is 12.8. The van der Waals surface area contributed by atoms with Crippen molar-refractivity contribution >= 4 is 34.9 Å². The number of benzene rings is 1. The molecule has 2 heterocycles. The Hall–Kier alpha value is -2.34. The number of aliphatic imine (C=N–C) groups is 1. The van der Waals surface area contributed by atoms with Crippen LogP contribution < -0.4 is 0 Å². The molecule has 3 rings (SSSR count). The van der Waals surface area contributed by atoms with E-state index in [-0.39, 0.29) is 11.8 Å². The number of allylic oxidation sites excluding steroid dienone is 1. The second-order valence-corrected chi connectivity index (χ2v) is 8.02. The molecular weight excluding hydrogens is 360 g/mol. The molecule has 1 amide bonds. The van der Waals surface area contributed by atoms with Gasteiger partial charge in [-0.25, -0.2) is 9.79 Å². The summed E-state index contributed by atoms with van der Waals surface area (Å²) >= 11 is 1.55. The second-order valence-electron chi connectivity index (χ2n) is 6.96. The fourth-order valence-corrected chi connectivity index (χ4v) is 3.99. The molecule has 1 aromatic carbocycles. The van der Waals surface area contributed by atoms with Crippen LogP contribution in [0.2, 0.25) is 0 Å². The molecule has 1 unspecified atom stereocenters. The number of esters is 1. The number of carbonyl (C=O) groups is 2. The van der Waals surface area contributed by atoms with Gasteiger partial charge in [0, 0.05) is 12.2 Å². The number of carbonyl (C=O) groups excluding carboxylic acids is 2. The van der Waals surface area contributed by atoms with E-state index in [4.69, 9.17) is 4.74 Å². The van der Waals surface area contributed by atoms with Gasteiger partial charge in [-0.05, 0) is 18.4 Å². The van der Waals surface area contributed by atoms with Crippen LogP contribution in [0.4, 0.5) is 0 Å². The van der Waals surface area contributed by atoms with Gasteiger partial charge in [0.05, 0.1) is 23.9 Å². The van der Waals surface area contributed by atoms with E-state index in [9.17, 15) is 9.59 Å². The van der Waals surface area contributed by atoms with Crippen molar-refractivity contribution in [1.82, 2.24) is 4.90 Å². The maximum Gasteiger partial charge on any atom is 0.338 e. The average Bonchev–Trinajstić information content (AvgIpc) is 2.64. The number of thioether (sulfide) groups is 1. The first kappa shape index (κ1) is 19.4. The molecule has 1 aromatic rings. The van der Waals surface area contributed by atoms with E-state index >= 15 is 0 Å². The lowest BCUT2D eigenvalue weighted by molar-refractivity contribution is -0.140. The van der Waals surface area contributed by atoms with Crippen molar-refractivity contribution in [3.63, 3.8) is 0 Å². The number of amides is 1. The van der Waals surface area contributed by atoms with E-state index in [0.29, 0.717) is 35.2 Å². The molecule has 2 aliphatic heterocycles. The van der Waals surface area contributed by atoms with Gasteiger partial charge in [0.1, 0.15) is 0 Å². The minimum atomic E-state index is -0.502. The number of rotatable bonds is 5. The van der Waals surface area contributed by atoms with Gasteiger partial charge in [-0.3, -0.25) is 9.69 Å². The predicted molar refractivity (Wildman–Crippen MR) is 109 cm³/mol. The molecule has 5 nitrogen and oxygen atoms in total. The quantitative estimate of drug-likeness (QED) is 0.723. The molecule has 0 N–H and O–H groups in total. The van der Waals surface area contributed by atoms with E-state index < -0.39 is 12.0 Å². The fraction of sp³-hybridized carbons (Fsp3) is 0.381. The van der Waals surface area contributed by atoms with Crippen molar-refractivity contribution < 1.29 is 14.3 Å². The molecule has 1 fully saturated rings. The summed E-state index contributed by atoms with van der Waals surface area (Å²) in [5, 5.41) is 0.659. The number of ether oxygens (including phenoxy) is 1. The molecule has 27 heavy (non-hydrogen) atoms. The zero-order chi connectivity index (χ0) is 19.4. The van der Waals surface area contributed by atoms with Crippen LogP contribution in [0, 0.1) is 5.92 Å². The topological polar surface area (TPSA) is 59.0 Å². The van der Waals surface area contributed by atoms with Gasteiger partial charge in [0.15, 0.2) is 5.17 Å². The Labute approximate surface area is 164 Å². The molecular formula is C21H24N2O3S. The van der Waals surface area contributed by atoms with Gasteiger partial charge in [0.25, 0.3) is 0 Å². The van der Waals surface area contributed by atoms with E-state index in [2.05, 4.69) is 4.99 Å². The minimum absolute atomic E-state index is 0.0168. The number of hydrogen-bond acceptors (Lipinski definition) is 5. The lowest BCUT2D eigenvalue weighted by Crippen LogP contribution is -2.49. The molecule has 0 bridgehead atoms. The molecule has 0 spiro atoms. The van der Waals surface area contributed by atoms with Crippen molar-refractivity contribution in [2.45, 2.75) is 33.2 Å². The molecule has 6 heteroatoms. The van der Waals surface area contributed by atoms with E-state index in [0.717, 1.165) is 5.56 Å². The summed E-state index contributed by atoms with van der Waals surface area (Å²) in [6.45, 7) is 6.12. The van der Waals surface area contributed by atoms with Crippen molar-refractivity contribution in [2.24, 2.45) is 10.9 Å². The second kappa shape index (κ2) is 8.57. The standard InChI is InChI=1S/C21H24N2O3S/c1-14(2)13-26-20(25)19-15(3)22-21-23(18(24)11-12-27-21)17(19)10-9-16-7-5-4-6-8-16/h4-10,14,17H,11-13H2,1-3H3. The van der Waals surface area contributed by atoms with E-state index in [1.165, 1.54) is 0 Å². The molecule has 1 saturated heterocycles. The number of amidine groups is 1. The highest BCUT2D eigenvalue weighted by atomic mass is 32.2. The van der Waals surface area contributed by atoms with Gasteiger partial charge in [-0.2, -0.15) is 0 Å². The Kier molecular flexibility index (Phi) is 6.16. The average molecular weight is 385 g/mol. The lowest BCUT2D eigenvalue weighted by Gasteiger charge is -2.37. The third-order valence-electron chi connectivity index (χ3n) is 4.29. The van der Waals surface area contributed by atoms with Crippen molar-refractivity contribution in [3.05, 3.63) is 53.2 Å². The van der Waals surface area contributed by atoms with Crippen LogP contribution in [0.1, 0.15) is 32.8 Å². The van der Waals surface area contributed by atoms with Crippen LogP contribution in [-0.2, 0) is 14.3 Å². The highest BCUT2D eigenvalue weighted by molar-refractivity contribution is 8.14. The highest BCUT2D eigenvalue weighted by Crippen LogP contribution is 2.32. The summed E-state index contributed by atoms with van der Waals surface area (Å²) in [5.74, 6) is 0.527. The van der Waals surface area contributed by atoms with Gasteiger partial charge >= 0.3 is 5.97 Å². The minimum Gasteiger partial charge on any atom is -0.462 e. The molecule has 0 aliphatic carbocycles. The third-order valence-corrected chi connectivity index (χ3v) is 5.24. The van der Waals surface area contributed by atoms with Crippen molar-refractivity contribution in [2.75, 3.05) is 12.4 Å². The van der Waals surface area contributed by atoms with Crippen LogP contribution >= 0.6 is 11.8 Å². The Balaban J connectivity index is 1.97. The van der Waals surface area contributed by atoms with Crippen LogP contribution in [-0.4, -0.2) is 40.3 Å². The first-order valence-electron chi connectivity index (χ1n) is 9.12. The lowest BCUT2D eigenvalue weighted by atomic mass is 10.00. The molecule has 1 atom stereocenters. The molecule has 0 saturated carbocycles. The monoisotopic (exact) mass is 384 g/mol. The SMILES string of the molecule is CC1=C(C(=O)OCC(C)C)C(C=Cc2ccccc2)N2C(=O)CCSC2=N1. The summed E-state index contributed by atoms with van der Waals surface area (Å²) in [6.07, 6.45) is 4.26. The molecule has 142 valence electrons. The Bertz CT molecular complexity index is 812. The van der Waals surface area contributed by atoms with Crippen LogP contribution in [0.15, 0.2) is 52.7 Å². The normalized spacial score (nSPS) is 20.1. The van der Waals surface area contributed by atoms with Crippen molar-refractivity contribution in [3.8, 4) is 0 Å². The van der Waals surface area contributed by atoms with Gasteiger partial charge < -0.3 is 4.74 Å². The van der Waals surface area contributed by atoms with E-state index in [1.807, 2.05) is 56.3 Å². The summed E-state index contributed by atoms with van der Waals surface area (Å²) in [4.78, 5) is 31.6. The molecule has 2 aliphatic rings. The third kappa shape index (κ3) is 4.50. The summed E-state index contributed by atoms with van der Waals surface area (Å²) in [7, 11) is 0.